The molecule has 1 aromatic carbocycles. The van der Waals surface area contributed by atoms with E-state index >= 15 is 0 Å². The van der Waals surface area contributed by atoms with Crippen molar-refractivity contribution in [3.63, 3.8) is 0 Å². The van der Waals surface area contributed by atoms with Gasteiger partial charge in [0.1, 0.15) is 12.4 Å². The standard InChI is InChI=1S/C12H11F2N3O.C3H8O.C2H2O2/c1-15-11-10(14)6-16-12(17-11)18-7-8-2-4-9(13)5-3-8;1-3-4-2;3-1-2-4/h2-6H,7H2,1H3,(H,15,16,17);3H2,1-2H3;1-2H. The molecular weight excluding hydrogens is 348 g/mol. The van der Waals surface area contributed by atoms with Crippen LogP contribution in [0.2, 0.25) is 0 Å². The van der Waals surface area contributed by atoms with Crippen molar-refractivity contribution in [2.24, 2.45) is 0 Å². The first kappa shape index (κ1) is 23.1. The SMILES string of the molecule is CCOC.CNc1nc(OCc2ccc(F)cc2)ncc1F.O=CC=O. The first-order chi connectivity index (χ1) is 12.5. The zero-order chi connectivity index (χ0) is 19.8. The van der Waals surface area contributed by atoms with Gasteiger partial charge in [0.2, 0.25) is 0 Å². The van der Waals surface area contributed by atoms with E-state index in [1.807, 2.05) is 6.92 Å². The van der Waals surface area contributed by atoms with E-state index in [9.17, 15) is 8.78 Å². The minimum absolute atomic E-state index is 0.0603. The molecule has 7 nitrogen and oxygen atoms in total. The van der Waals surface area contributed by atoms with E-state index in [0.29, 0.717) is 0 Å². The van der Waals surface area contributed by atoms with Gasteiger partial charge >= 0.3 is 6.01 Å². The highest BCUT2D eigenvalue weighted by atomic mass is 19.1. The molecule has 2 rings (SSSR count). The van der Waals surface area contributed by atoms with Gasteiger partial charge in [-0.25, -0.2) is 13.8 Å². The summed E-state index contributed by atoms with van der Waals surface area (Å²) in [5.74, 6) is -0.792. The molecule has 0 saturated heterocycles. The number of carbonyl (C=O) groups excluding carboxylic acids is 2. The summed E-state index contributed by atoms with van der Waals surface area (Å²) in [7, 11) is 3.23. The molecular formula is C17H21F2N3O4. The third-order valence-corrected chi connectivity index (χ3v) is 2.58. The monoisotopic (exact) mass is 369 g/mol. The molecule has 2 aromatic rings. The Morgan fingerprint density at radius 2 is 1.73 bits per heavy atom. The second-order valence-corrected chi connectivity index (χ2v) is 4.36. The summed E-state index contributed by atoms with van der Waals surface area (Å²) in [6.45, 7) is 2.97. The van der Waals surface area contributed by atoms with Crippen molar-refractivity contribution in [2.75, 3.05) is 26.1 Å². The summed E-state index contributed by atoms with van der Waals surface area (Å²) in [6, 6.07) is 5.92. The number of rotatable bonds is 6. The molecule has 0 spiro atoms. The van der Waals surface area contributed by atoms with Crippen LogP contribution in [0.3, 0.4) is 0 Å². The van der Waals surface area contributed by atoms with Gasteiger partial charge in [0.15, 0.2) is 24.2 Å². The average Bonchev–Trinajstić information content (AvgIpc) is 2.69. The van der Waals surface area contributed by atoms with E-state index in [1.165, 1.54) is 12.1 Å². The predicted octanol–water partition coefficient (Wildman–Crippen LogP) is 2.41. The lowest BCUT2D eigenvalue weighted by Crippen LogP contribution is -2.03. The van der Waals surface area contributed by atoms with Gasteiger partial charge < -0.3 is 14.8 Å². The fourth-order valence-corrected chi connectivity index (χ4v) is 1.32. The van der Waals surface area contributed by atoms with Crippen molar-refractivity contribution in [1.82, 2.24) is 9.97 Å². The van der Waals surface area contributed by atoms with Gasteiger partial charge in [-0.05, 0) is 24.6 Å². The van der Waals surface area contributed by atoms with Gasteiger partial charge in [-0.1, -0.05) is 12.1 Å². The van der Waals surface area contributed by atoms with E-state index in [1.54, 1.807) is 26.3 Å². The largest absolute Gasteiger partial charge is 0.459 e. The molecule has 0 aliphatic carbocycles. The number of halogens is 2. The first-order valence-electron chi connectivity index (χ1n) is 7.47. The smallest absolute Gasteiger partial charge is 0.318 e. The van der Waals surface area contributed by atoms with Crippen LogP contribution >= 0.6 is 0 Å². The average molecular weight is 369 g/mol. The van der Waals surface area contributed by atoms with Crippen molar-refractivity contribution < 1.29 is 27.8 Å². The maximum absolute atomic E-state index is 13.1. The summed E-state index contributed by atoms with van der Waals surface area (Å²) < 4.78 is 35.6. The zero-order valence-corrected chi connectivity index (χ0v) is 14.7. The second-order valence-electron chi connectivity index (χ2n) is 4.36. The third-order valence-electron chi connectivity index (χ3n) is 2.58. The Labute approximate surface area is 150 Å². The Bertz CT molecular complexity index is 647. The number of carbonyl (C=O) groups is 2. The highest BCUT2D eigenvalue weighted by Crippen LogP contribution is 2.13. The summed E-state index contributed by atoms with van der Waals surface area (Å²) in [5.41, 5.74) is 0.773. The highest BCUT2D eigenvalue weighted by molar-refractivity contribution is 6.09. The predicted molar refractivity (Wildman–Crippen MR) is 91.9 cm³/mol. The molecule has 1 N–H and O–H groups in total. The highest BCUT2D eigenvalue weighted by Gasteiger charge is 2.06. The molecule has 0 atom stereocenters. The van der Waals surface area contributed by atoms with Gasteiger partial charge in [-0.15, -0.1) is 0 Å². The number of nitrogens with zero attached hydrogens (tertiary/aromatic N) is 2. The van der Waals surface area contributed by atoms with E-state index in [2.05, 4.69) is 20.0 Å². The van der Waals surface area contributed by atoms with Gasteiger partial charge in [-0.2, -0.15) is 4.98 Å². The second kappa shape index (κ2) is 14.4. The molecule has 0 aliphatic heterocycles. The molecule has 0 radical (unpaired) electrons. The number of methoxy groups -OCH3 is 1. The van der Waals surface area contributed by atoms with Crippen molar-refractivity contribution in [3.05, 3.63) is 47.7 Å². The molecule has 0 fully saturated rings. The Balaban J connectivity index is 0.000000662. The molecule has 0 aliphatic rings. The molecule has 9 heteroatoms. The third kappa shape index (κ3) is 10.0. The summed E-state index contributed by atoms with van der Waals surface area (Å²) in [5, 5.41) is 2.59. The number of hydrogen-bond acceptors (Lipinski definition) is 7. The van der Waals surface area contributed by atoms with Crippen LogP contribution in [0.25, 0.3) is 0 Å². The molecule has 142 valence electrons. The van der Waals surface area contributed by atoms with E-state index < -0.39 is 5.82 Å². The molecule has 0 unspecified atom stereocenters. The number of aldehydes is 2. The number of benzene rings is 1. The van der Waals surface area contributed by atoms with Gasteiger partial charge in [0.25, 0.3) is 0 Å². The number of ether oxygens (including phenoxy) is 2. The Hall–Kier alpha value is -2.94. The Morgan fingerprint density at radius 3 is 2.19 bits per heavy atom. The maximum atomic E-state index is 13.1. The normalized spacial score (nSPS) is 8.96. The van der Waals surface area contributed by atoms with Gasteiger partial charge in [-0.3, -0.25) is 9.59 Å². The fourth-order valence-electron chi connectivity index (χ4n) is 1.32. The van der Waals surface area contributed by atoms with Crippen LogP contribution in [0.4, 0.5) is 14.6 Å². The van der Waals surface area contributed by atoms with E-state index in [-0.39, 0.29) is 36.8 Å². The molecule has 0 saturated carbocycles. The minimum Gasteiger partial charge on any atom is -0.459 e. The van der Waals surface area contributed by atoms with Crippen LogP contribution in [-0.4, -0.2) is 43.3 Å². The van der Waals surface area contributed by atoms with Crippen molar-refractivity contribution in [3.8, 4) is 6.01 Å². The summed E-state index contributed by atoms with van der Waals surface area (Å²) in [6.07, 6.45) is 1.42. The lowest BCUT2D eigenvalue weighted by Gasteiger charge is -2.06. The Morgan fingerprint density at radius 1 is 1.15 bits per heavy atom. The van der Waals surface area contributed by atoms with Crippen molar-refractivity contribution in [1.29, 1.82) is 0 Å². The Kier molecular flexibility index (Phi) is 12.8. The first-order valence-corrected chi connectivity index (χ1v) is 7.47. The van der Waals surface area contributed by atoms with E-state index in [4.69, 9.17) is 14.3 Å². The quantitative estimate of drug-likeness (QED) is 0.618. The molecule has 0 amide bonds. The number of hydrogen-bond donors (Lipinski definition) is 1. The molecule has 1 heterocycles. The summed E-state index contributed by atoms with van der Waals surface area (Å²) in [4.78, 5) is 25.1. The lowest BCUT2D eigenvalue weighted by molar-refractivity contribution is -0.122. The van der Waals surface area contributed by atoms with Crippen LogP contribution in [0.1, 0.15) is 12.5 Å². The van der Waals surface area contributed by atoms with Gasteiger partial charge in [0.05, 0.1) is 6.20 Å². The van der Waals surface area contributed by atoms with Crippen molar-refractivity contribution >= 4 is 18.4 Å². The van der Waals surface area contributed by atoms with Crippen LogP contribution in [0, 0.1) is 11.6 Å². The molecule has 26 heavy (non-hydrogen) atoms. The molecule has 1 aromatic heterocycles. The van der Waals surface area contributed by atoms with Crippen LogP contribution in [0.15, 0.2) is 30.5 Å². The van der Waals surface area contributed by atoms with Crippen LogP contribution in [-0.2, 0) is 20.9 Å². The molecule has 0 bridgehead atoms. The zero-order valence-electron chi connectivity index (χ0n) is 14.7. The van der Waals surface area contributed by atoms with Crippen LogP contribution < -0.4 is 10.1 Å². The number of anilines is 1. The number of nitrogens with one attached hydrogen (secondary N) is 1. The van der Waals surface area contributed by atoms with Crippen LogP contribution in [0.5, 0.6) is 6.01 Å². The van der Waals surface area contributed by atoms with E-state index in [0.717, 1.165) is 18.4 Å². The summed E-state index contributed by atoms with van der Waals surface area (Å²) >= 11 is 0. The lowest BCUT2D eigenvalue weighted by atomic mass is 10.2. The fraction of sp³-hybridized carbons (Fsp3) is 0.294. The minimum atomic E-state index is -0.549. The maximum Gasteiger partial charge on any atom is 0.318 e. The van der Waals surface area contributed by atoms with Crippen molar-refractivity contribution in [2.45, 2.75) is 13.5 Å². The number of aromatic nitrogens is 2. The van der Waals surface area contributed by atoms with Gasteiger partial charge in [0, 0.05) is 20.8 Å². The topological polar surface area (TPSA) is 90.4 Å².